The van der Waals surface area contributed by atoms with Crippen LogP contribution >= 0.6 is 0 Å². The second-order valence-corrected chi connectivity index (χ2v) is 4.20. The summed E-state index contributed by atoms with van der Waals surface area (Å²) in [5.41, 5.74) is 1.23. The number of methoxy groups -OCH3 is 1. The van der Waals surface area contributed by atoms with Gasteiger partial charge in [-0.1, -0.05) is 17.3 Å². The fourth-order valence-corrected chi connectivity index (χ4v) is 1.51. The van der Waals surface area contributed by atoms with Crippen LogP contribution in [0.1, 0.15) is 18.9 Å². The lowest BCUT2D eigenvalue weighted by Crippen LogP contribution is -2.30. The van der Waals surface area contributed by atoms with Gasteiger partial charge in [0.25, 0.3) is 5.91 Å². The fraction of sp³-hybridized carbons (Fsp3) is 0.429. The quantitative estimate of drug-likeness (QED) is 0.326. The molecule has 0 saturated heterocycles. The molecule has 0 aromatic heterocycles. The second kappa shape index (κ2) is 8.92. The van der Waals surface area contributed by atoms with Crippen LogP contribution < -0.4 is 10.1 Å². The molecule has 1 amide bonds. The number of hydrogen-bond acceptors (Lipinski definition) is 5. The Bertz CT molecular complexity index is 460. The molecule has 6 heteroatoms. The maximum atomic E-state index is 11.5. The molecule has 6 nitrogen and oxygen atoms in total. The Labute approximate surface area is 118 Å². The van der Waals surface area contributed by atoms with Gasteiger partial charge in [-0.25, -0.2) is 0 Å². The molecular weight excluding hydrogens is 260 g/mol. The van der Waals surface area contributed by atoms with Crippen LogP contribution in [0.2, 0.25) is 0 Å². The first kappa shape index (κ1) is 16.0. The van der Waals surface area contributed by atoms with Crippen molar-refractivity contribution >= 4 is 11.6 Å². The van der Waals surface area contributed by atoms with Crippen LogP contribution in [0.5, 0.6) is 5.75 Å². The standard InChI is InChI=1S/C14H20N2O4/c1-11(16-18)12-5-3-6-13(9-12)20-10-14(17)15-7-4-8-19-2/h3,5-6,9,18H,4,7-8,10H2,1-2H3,(H,15,17). The third kappa shape index (κ3) is 5.71. The lowest BCUT2D eigenvalue weighted by Gasteiger charge is -2.08. The molecule has 0 aliphatic heterocycles. The van der Waals surface area contributed by atoms with E-state index in [0.717, 1.165) is 12.0 Å². The average Bonchev–Trinajstić information content (AvgIpc) is 2.49. The molecule has 0 unspecified atom stereocenters. The van der Waals surface area contributed by atoms with Gasteiger partial charge >= 0.3 is 0 Å². The van der Waals surface area contributed by atoms with Crippen molar-refractivity contribution in [1.29, 1.82) is 0 Å². The van der Waals surface area contributed by atoms with E-state index in [1.807, 2.05) is 0 Å². The van der Waals surface area contributed by atoms with E-state index in [4.69, 9.17) is 14.7 Å². The van der Waals surface area contributed by atoms with Gasteiger partial charge < -0.3 is 20.0 Å². The molecule has 1 aromatic rings. The molecule has 0 aliphatic rings. The van der Waals surface area contributed by atoms with Crippen LogP contribution in [0.4, 0.5) is 0 Å². The first-order valence-corrected chi connectivity index (χ1v) is 6.35. The van der Waals surface area contributed by atoms with Gasteiger partial charge in [0.1, 0.15) is 5.75 Å². The van der Waals surface area contributed by atoms with Crippen LogP contribution in [-0.2, 0) is 9.53 Å². The number of carbonyl (C=O) groups is 1. The molecular formula is C14H20N2O4. The Morgan fingerprint density at radius 2 is 2.25 bits per heavy atom. The van der Waals surface area contributed by atoms with Gasteiger partial charge in [0.05, 0.1) is 5.71 Å². The molecule has 0 fully saturated rings. The minimum absolute atomic E-state index is 0.0499. The van der Waals surface area contributed by atoms with E-state index in [2.05, 4.69) is 10.5 Å². The van der Waals surface area contributed by atoms with Gasteiger partial charge in [-0.2, -0.15) is 0 Å². The van der Waals surface area contributed by atoms with E-state index in [9.17, 15) is 4.79 Å². The van der Waals surface area contributed by atoms with Crippen molar-refractivity contribution in [3.05, 3.63) is 29.8 Å². The summed E-state index contributed by atoms with van der Waals surface area (Å²) < 4.78 is 10.3. The largest absolute Gasteiger partial charge is 0.484 e. The highest BCUT2D eigenvalue weighted by Gasteiger charge is 2.04. The summed E-state index contributed by atoms with van der Waals surface area (Å²) in [7, 11) is 1.62. The Kier molecular flexibility index (Phi) is 7.13. The van der Waals surface area contributed by atoms with Gasteiger partial charge in [-0.3, -0.25) is 4.79 Å². The molecule has 0 bridgehead atoms. The van der Waals surface area contributed by atoms with E-state index in [0.29, 0.717) is 24.6 Å². The molecule has 0 radical (unpaired) electrons. The lowest BCUT2D eigenvalue weighted by molar-refractivity contribution is -0.123. The zero-order chi connectivity index (χ0) is 14.8. The van der Waals surface area contributed by atoms with Crippen molar-refractivity contribution in [1.82, 2.24) is 5.32 Å². The van der Waals surface area contributed by atoms with E-state index in [-0.39, 0.29) is 12.5 Å². The summed E-state index contributed by atoms with van der Waals surface area (Å²) in [4.78, 5) is 11.5. The summed E-state index contributed by atoms with van der Waals surface area (Å²) in [5, 5.41) is 14.6. The zero-order valence-electron chi connectivity index (χ0n) is 11.8. The van der Waals surface area contributed by atoms with Crippen LogP contribution in [0, 0.1) is 0 Å². The minimum Gasteiger partial charge on any atom is -0.484 e. The number of amides is 1. The number of ether oxygens (including phenoxy) is 2. The van der Waals surface area contributed by atoms with Crippen molar-refractivity contribution in [2.24, 2.45) is 5.16 Å². The van der Waals surface area contributed by atoms with Gasteiger partial charge in [-0.15, -0.1) is 0 Å². The molecule has 0 atom stereocenters. The third-order valence-electron chi connectivity index (χ3n) is 2.62. The SMILES string of the molecule is COCCCNC(=O)COc1cccc(C(C)=NO)c1. The van der Waals surface area contributed by atoms with Crippen molar-refractivity contribution < 1.29 is 19.5 Å². The highest BCUT2D eigenvalue weighted by atomic mass is 16.5. The number of oxime groups is 1. The number of nitrogens with zero attached hydrogens (tertiary/aromatic N) is 1. The zero-order valence-corrected chi connectivity index (χ0v) is 11.8. The van der Waals surface area contributed by atoms with Crippen LogP contribution in [0.3, 0.4) is 0 Å². The average molecular weight is 280 g/mol. The van der Waals surface area contributed by atoms with E-state index in [1.54, 1.807) is 38.3 Å². The van der Waals surface area contributed by atoms with E-state index >= 15 is 0 Å². The van der Waals surface area contributed by atoms with Gasteiger partial charge in [0.15, 0.2) is 6.61 Å². The van der Waals surface area contributed by atoms with Crippen molar-refractivity contribution in [3.8, 4) is 5.75 Å². The van der Waals surface area contributed by atoms with Gasteiger partial charge in [0.2, 0.25) is 0 Å². The number of benzene rings is 1. The maximum Gasteiger partial charge on any atom is 0.257 e. The number of carbonyl (C=O) groups excluding carboxylic acids is 1. The van der Waals surface area contributed by atoms with E-state index in [1.165, 1.54) is 0 Å². The Morgan fingerprint density at radius 3 is 2.95 bits per heavy atom. The van der Waals surface area contributed by atoms with Crippen molar-refractivity contribution in [2.75, 3.05) is 26.9 Å². The van der Waals surface area contributed by atoms with Crippen molar-refractivity contribution in [2.45, 2.75) is 13.3 Å². The maximum absolute atomic E-state index is 11.5. The molecule has 2 N–H and O–H groups in total. The second-order valence-electron chi connectivity index (χ2n) is 4.20. The molecule has 1 rings (SSSR count). The van der Waals surface area contributed by atoms with E-state index < -0.39 is 0 Å². The molecule has 0 saturated carbocycles. The Balaban J connectivity index is 2.39. The predicted octanol–water partition coefficient (Wildman–Crippen LogP) is 1.42. The monoisotopic (exact) mass is 280 g/mol. The van der Waals surface area contributed by atoms with Crippen LogP contribution in [-0.4, -0.2) is 43.7 Å². The molecule has 0 heterocycles. The van der Waals surface area contributed by atoms with Crippen molar-refractivity contribution in [3.63, 3.8) is 0 Å². The number of hydrogen-bond donors (Lipinski definition) is 2. The fourth-order valence-electron chi connectivity index (χ4n) is 1.51. The summed E-state index contributed by atoms with van der Waals surface area (Å²) in [6.45, 7) is 2.81. The Hall–Kier alpha value is -2.08. The highest BCUT2D eigenvalue weighted by molar-refractivity contribution is 5.98. The smallest absolute Gasteiger partial charge is 0.257 e. The molecule has 20 heavy (non-hydrogen) atoms. The first-order chi connectivity index (χ1) is 9.67. The lowest BCUT2D eigenvalue weighted by atomic mass is 10.1. The summed E-state index contributed by atoms with van der Waals surface area (Å²) in [6.07, 6.45) is 0.768. The third-order valence-corrected chi connectivity index (χ3v) is 2.62. The Morgan fingerprint density at radius 1 is 1.45 bits per heavy atom. The first-order valence-electron chi connectivity index (χ1n) is 6.35. The highest BCUT2D eigenvalue weighted by Crippen LogP contribution is 2.13. The number of rotatable bonds is 8. The summed E-state index contributed by atoms with van der Waals surface area (Å²) >= 11 is 0. The summed E-state index contributed by atoms with van der Waals surface area (Å²) in [5.74, 6) is 0.372. The molecule has 110 valence electrons. The topological polar surface area (TPSA) is 80.2 Å². The predicted molar refractivity (Wildman–Crippen MR) is 75.4 cm³/mol. The van der Waals surface area contributed by atoms with Gasteiger partial charge in [0, 0.05) is 25.8 Å². The van der Waals surface area contributed by atoms with Gasteiger partial charge in [-0.05, 0) is 25.5 Å². The molecule has 1 aromatic carbocycles. The minimum atomic E-state index is -0.181. The molecule has 0 spiro atoms. The van der Waals surface area contributed by atoms with Crippen LogP contribution in [0.25, 0.3) is 0 Å². The van der Waals surface area contributed by atoms with Crippen LogP contribution in [0.15, 0.2) is 29.4 Å². The molecule has 0 aliphatic carbocycles. The summed E-state index contributed by atoms with van der Waals surface area (Å²) in [6, 6.07) is 7.03. The number of nitrogens with one attached hydrogen (secondary N) is 1. The normalized spacial score (nSPS) is 11.2.